The molecule has 0 spiro atoms. The Kier molecular flexibility index (Phi) is 5.89. The SMILES string of the molecule is CCn1c(C)cc(C(=O)Cn2c(=O)c(=O)n(Cc3ccccc3)c3ccc(Cl)cc32)c1C. The lowest BCUT2D eigenvalue weighted by molar-refractivity contribution is 0.0971. The number of hydrogen-bond donors (Lipinski definition) is 0. The van der Waals surface area contributed by atoms with Gasteiger partial charge in [-0.2, -0.15) is 0 Å². The van der Waals surface area contributed by atoms with Crippen LogP contribution in [0.4, 0.5) is 0 Å². The van der Waals surface area contributed by atoms with Crippen molar-refractivity contribution in [3.8, 4) is 0 Å². The van der Waals surface area contributed by atoms with Gasteiger partial charge in [0.15, 0.2) is 5.78 Å². The van der Waals surface area contributed by atoms with Crippen molar-refractivity contribution in [3.05, 3.63) is 103 Å². The summed E-state index contributed by atoms with van der Waals surface area (Å²) in [7, 11) is 0. The van der Waals surface area contributed by atoms with Crippen LogP contribution in [0.3, 0.4) is 0 Å². The molecule has 2 heterocycles. The third kappa shape index (κ3) is 3.82. The molecule has 0 unspecified atom stereocenters. The number of Topliss-reactive ketones (excluding diaryl/α,β-unsaturated/α-hetero) is 1. The number of ketones is 1. The zero-order valence-corrected chi connectivity index (χ0v) is 19.0. The van der Waals surface area contributed by atoms with Gasteiger partial charge in [-0.05, 0) is 50.6 Å². The molecule has 7 heteroatoms. The second kappa shape index (κ2) is 8.63. The van der Waals surface area contributed by atoms with Gasteiger partial charge in [-0.15, -0.1) is 0 Å². The lowest BCUT2D eigenvalue weighted by atomic mass is 10.1. The van der Waals surface area contributed by atoms with Crippen molar-refractivity contribution < 1.29 is 4.79 Å². The molecule has 164 valence electrons. The summed E-state index contributed by atoms with van der Waals surface area (Å²) in [5.41, 5.74) is 2.87. The minimum absolute atomic E-state index is 0.221. The maximum absolute atomic E-state index is 13.2. The van der Waals surface area contributed by atoms with Crippen LogP contribution in [0.5, 0.6) is 0 Å². The lowest BCUT2D eigenvalue weighted by Gasteiger charge is -2.15. The molecule has 6 nitrogen and oxygen atoms in total. The third-order valence-corrected chi connectivity index (χ3v) is 6.10. The number of fused-ring (bicyclic) bond motifs is 1. The largest absolute Gasteiger partial charge is 0.349 e. The third-order valence-electron chi connectivity index (χ3n) is 5.87. The number of benzene rings is 2. The Hall–Kier alpha value is -3.38. The molecule has 0 N–H and O–H groups in total. The van der Waals surface area contributed by atoms with Crippen molar-refractivity contribution in [1.82, 2.24) is 13.7 Å². The predicted molar refractivity (Wildman–Crippen MR) is 127 cm³/mol. The zero-order valence-electron chi connectivity index (χ0n) is 18.3. The fourth-order valence-corrected chi connectivity index (χ4v) is 4.44. The minimum Gasteiger partial charge on any atom is -0.349 e. The lowest BCUT2D eigenvalue weighted by Crippen LogP contribution is -2.42. The highest BCUT2D eigenvalue weighted by atomic mass is 35.5. The number of hydrogen-bond acceptors (Lipinski definition) is 3. The highest BCUT2D eigenvalue weighted by molar-refractivity contribution is 6.31. The molecule has 0 radical (unpaired) electrons. The second-order valence-electron chi connectivity index (χ2n) is 7.85. The van der Waals surface area contributed by atoms with Gasteiger partial charge < -0.3 is 4.57 Å². The average molecular weight is 450 g/mol. The van der Waals surface area contributed by atoms with E-state index < -0.39 is 11.1 Å². The monoisotopic (exact) mass is 449 g/mol. The van der Waals surface area contributed by atoms with Crippen LogP contribution in [0.2, 0.25) is 5.02 Å². The highest BCUT2D eigenvalue weighted by Crippen LogP contribution is 2.20. The van der Waals surface area contributed by atoms with Gasteiger partial charge in [0.25, 0.3) is 0 Å². The Morgan fingerprint density at radius 3 is 2.22 bits per heavy atom. The number of carbonyl (C=O) groups is 1. The van der Waals surface area contributed by atoms with Crippen molar-refractivity contribution in [2.45, 2.75) is 40.4 Å². The quantitative estimate of drug-likeness (QED) is 0.327. The van der Waals surface area contributed by atoms with Gasteiger partial charge in [0, 0.05) is 28.5 Å². The van der Waals surface area contributed by atoms with E-state index in [9.17, 15) is 14.4 Å². The van der Waals surface area contributed by atoms with Crippen LogP contribution in [-0.4, -0.2) is 19.5 Å². The van der Waals surface area contributed by atoms with E-state index in [2.05, 4.69) is 0 Å². The summed E-state index contributed by atoms with van der Waals surface area (Å²) in [5.74, 6) is -0.221. The molecule has 4 aromatic rings. The summed E-state index contributed by atoms with van der Waals surface area (Å²) in [4.78, 5) is 39.3. The van der Waals surface area contributed by atoms with E-state index in [0.717, 1.165) is 23.5 Å². The Bertz CT molecular complexity index is 1450. The molecule has 0 aliphatic carbocycles. The van der Waals surface area contributed by atoms with Crippen LogP contribution in [-0.2, 0) is 19.6 Å². The number of rotatable bonds is 6. The Labute approximate surface area is 190 Å². The van der Waals surface area contributed by atoms with E-state index in [1.807, 2.05) is 61.7 Å². The van der Waals surface area contributed by atoms with Crippen molar-refractivity contribution >= 4 is 28.4 Å². The van der Waals surface area contributed by atoms with Crippen LogP contribution in [0.25, 0.3) is 11.0 Å². The Morgan fingerprint density at radius 2 is 1.56 bits per heavy atom. The molecule has 32 heavy (non-hydrogen) atoms. The maximum atomic E-state index is 13.2. The van der Waals surface area contributed by atoms with Gasteiger partial charge in [-0.3, -0.25) is 23.5 Å². The first-order valence-electron chi connectivity index (χ1n) is 10.5. The molecule has 0 amide bonds. The molecule has 2 aromatic heterocycles. The molecule has 0 bridgehead atoms. The summed E-state index contributed by atoms with van der Waals surface area (Å²) in [6, 6.07) is 16.3. The van der Waals surface area contributed by atoms with Crippen molar-refractivity contribution in [2.24, 2.45) is 0 Å². The van der Waals surface area contributed by atoms with Gasteiger partial charge in [0.05, 0.1) is 24.1 Å². The summed E-state index contributed by atoms with van der Waals surface area (Å²) < 4.78 is 4.72. The number of aryl methyl sites for hydroxylation is 1. The molecule has 0 atom stereocenters. The van der Waals surface area contributed by atoms with E-state index in [0.29, 0.717) is 21.6 Å². The van der Waals surface area contributed by atoms with Gasteiger partial charge in [0.1, 0.15) is 0 Å². The molecule has 0 saturated carbocycles. The molecule has 4 rings (SSSR count). The molecule has 0 aliphatic rings. The normalized spacial score (nSPS) is 11.2. The van der Waals surface area contributed by atoms with Crippen LogP contribution in [0.15, 0.2) is 64.2 Å². The molecule has 2 aromatic carbocycles. The van der Waals surface area contributed by atoms with E-state index in [-0.39, 0.29) is 18.9 Å². The summed E-state index contributed by atoms with van der Waals surface area (Å²) in [6.07, 6.45) is 0. The first-order chi connectivity index (χ1) is 15.3. The Balaban J connectivity index is 1.86. The smallest absolute Gasteiger partial charge is 0.317 e. The fraction of sp³-hybridized carbons (Fsp3) is 0.240. The average Bonchev–Trinajstić information content (AvgIpc) is 3.08. The predicted octanol–water partition coefficient (Wildman–Crippen LogP) is 4.19. The van der Waals surface area contributed by atoms with Gasteiger partial charge >= 0.3 is 11.1 Å². The second-order valence-corrected chi connectivity index (χ2v) is 8.29. The van der Waals surface area contributed by atoms with Crippen LogP contribution >= 0.6 is 11.6 Å². The molecule has 0 fully saturated rings. The number of halogens is 1. The van der Waals surface area contributed by atoms with E-state index in [4.69, 9.17) is 11.6 Å². The molecule has 0 saturated heterocycles. The summed E-state index contributed by atoms with van der Waals surface area (Å²) in [5, 5.41) is 0.423. The number of aromatic nitrogens is 3. The van der Waals surface area contributed by atoms with E-state index in [1.165, 1.54) is 9.13 Å². The fourth-order valence-electron chi connectivity index (χ4n) is 4.27. The standard InChI is InChI=1S/C25H24ClN3O3/c1-4-27-16(2)12-20(17(27)3)23(30)15-29-22-13-19(26)10-11-21(22)28(24(31)25(29)32)14-18-8-6-5-7-9-18/h5-13H,4,14-15H2,1-3H3. The van der Waals surface area contributed by atoms with Gasteiger partial charge in [-0.25, -0.2) is 0 Å². The molecular weight excluding hydrogens is 426 g/mol. The van der Waals surface area contributed by atoms with E-state index in [1.54, 1.807) is 18.2 Å². The first kappa shape index (κ1) is 21.8. The maximum Gasteiger partial charge on any atom is 0.317 e. The molecule has 0 aliphatic heterocycles. The minimum atomic E-state index is -0.742. The van der Waals surface area contributed by atoms with Gasteiger partial charge in [0.2, 0.25) is 0 Å². The van der Waals surface area contributed by atoms with Crippen molar-refractivity contribution in [3.63, 3.8) is 0 Å². The summed E-state index contributed by atoms with van der Waals surface area (Å²) in [6.45, 7) is 6.61. The van der Waals surface area contributed by atoms with Crippen LogP contribution in [0.1, 0.15) is 34.2 Å². The topological polar surface area (TPSA) is 66.0 Å². The van der Waals surface area contributed by atoms with E-state index >= 15 is 0 Å². The number of nitrogens with zero attached hydrogens (tertiary/aromatic N) is 3. The van der Waals surface area contributed by atoms with Gasteiger partial charge in [-0.1, -0.05) is 41.9 Å². The van der Waals surface area contributed by atoms with Crippen LogP contribution in [0, 0.1) is 13.8 Å². The van der Waals surface area contributed by atoms with Crippen LogP contribution < -0.4 is 11.1 Å². The highest BCUT2D eigenvalue weighted by Gasteiger charge is 2.20. The van der Waals surface area contributed by atoms with Crippen molar-refractivity contribution in [2.75, 3.05) is 0 Å². The number of carbonyl (C=O) groups excluding carboxylic acids is 1. The zero-order chi connectivity index (χ0) is 23.0. The first-order valence-corrected chi connectivity index (χ1v) is 10.9. The van der Waals surface area contributed by atoms with Crippen molar-refractivity contribution in [1.29, 1.82) is 0 Å². The molecular formula is C25H24ClN3O3. The Morgan fingerprint density at radius 1 is 0.875 bits per heavy atom. The summed E-state index contributed by atoms with van der Waals surface area (Å²) >= 11 is 6.23.